The van der Waals surface area contributed by atoms with Crippen molar-refractivity contribution in [1.82, 2.24) is 4.57 Å². The molecule has 0 saturated heterocycles. The lowest BCUT2D eigenvalue weighted by Gasteiger charge is -2.42. The third-order valence-corrected chi connectivity index (χ3v) is 11.9. The number of para-hydroxylation sites is 3. The molecule has 11 rings (SSSR count). The van der Waals surface area contributed by atoms with Crippen molar-refractivity contribution in [2.45, 2.75) is 19.3 Å². The fourth-order valence-electron chi connectivity index (χ4n) is 8.58. The topological polar surface area (TPSA) is 21.3 Å². The third kappa shape index (κ3) is 3.61. The molecule has 7 aromatic carbocycles. The van der Waals surface area contributed by atoms with E-state index in [1.54, 1.807) is 0 Å². The molecule has 0 fully saturated rings. The van der Waals surface area contributed by atoms with Gasteiger partial charge in [0.15, 0.2) is 0 Å². The summed E-state index contributed by atoms with van der Waals surface area (Å²) in [6, 6.07) is 53.2. The van der Waals surface area contributed by atoms with Gasteiger partial charge in [-0.3, -0.25) is 0 Å². The monoisotopic (exact) mass is 646 g/mol. The van der Waals surface area contributed by atoms with Gasteiger partial charge in [-0.05, 0) is 77.9 Å². The minimum absolute atomic E-state index is 0.330. The van der Waals surface area contributed by atoms with E-state index < -0.39 is 0 Å². The highest BCUT2D eigenvalue weighted by Gasteiger charge is 2.40. The van der Waals surface area contributed by atoms with Crippen LogP contribution in [0.15, 0.2) is 150 Å². The van der Waals surface area contributed by atoms with E-state index in [9.17, 15) is 0 Å². The number of aromatic nitrogens is 1. The van der Waals surface area contributed by atoms with Crippen LogP contribution in [0.1, 0.15) is 25.0 Å². The van der Waals surface area contributed by atoms with E-state index in [0.717, 1.165) is 27.9 Å². The van der Waals surface area contributed by atoms with Gasteiger partial charge >= 0.3 is 0 Å². The number of hydrogen-bond acceptors (Lipinski definition) is 3. The average Bonchev–Trinajstić information content (AvgIpc) is 3.81. The van der Waals surface area contributed by atoms with Gasteiger partial charge in [-0.2, -0.15) is 0 Å². The molecule has 3 nitrogen and oxygen atoms in total. The van der Waals surface area contributed by atoms with Gasteiger partial charge in [0.05, 0.1) is 22.4 Å². The third-order valence-electron chi connectivity index (χ3n) is 10.7. The maximum atomic E-state index is 6.49. The molecule has 1 aliphatic heterocycles. The predicted octanol–water partition coefficient (Wildman–Crippen LogP) is 13.2. The molecule has 0 atom stereocenters. The Bertz CT molecular complexity index is 2940. The number of nitrogens with zero attached hydrogens (tertiary/aromatic N) is 2. The van der Waals surface area contributed by atoms with E-state index in [-0.39, 0.29) is 5.41 Å². The molecule has 0 unspecified atom stereocenters. The molecule has 0 saturated carbocycles. The van der Waals surface area contributed by atoms with Crippen molar-refractivity contribution in [3.8, 4) is 5.69 Å². The average molecular weight is 647 g/mol. The van der Waals surface area contributed by atoms with Crippen molar-refractivity contribution in [2.75, 3.05) is 4.90 Å². The van der Waals surface area contributed by atoms with Crippen molar-refractivity contribution in [1.29, 1.82) is 0 Å². The van der Waals surface area contributed by atoms with Crippen LogP contribution in [0.25, 0.3) is 69.6 Å². The Labute approximate surface area is 286 Å². The molecule has 10 aromatic rings. The van der Waals surface area contributed by atoms with Crippen LogP contribution >= 0.6 is 11.3 Å². The van der Waals surface area contributed by atoms with E-state index in [1.807, 2.05) is 11.3 Å². The normalized spacial score (nSPS) is 14.0. The fraction of sp³-hybridized carbons (Fsp3) is 0.0667. The van der Waals surface area contributed by atoms with E-state index in [4.69, 9.17) is 4.42 Å². The maximum absolute atomic E-state index is 6.49. The number of thiophene rings is 1. The Balaban J connectivity index is 1.23. The minimum Gasteiger partial charge on any atom is -0.456 e. The Morgan fingerprint density at radius 2 is 1.14 bits per heavy atom. The SMILES string of the molecule is CC1(C)c2cc(-n3c4ccccc4c4ccccc43)ccc2N(c2ccc3c(c2)sc2ccccc23)c2ccc3oc4ccccc4c3c21. The Hall–Kier alpha value is -5.84. The van der Waals surface area contributed by atoms with Crippen LogP contribution in [-0.4, -0.2) is 4.57 Å². The molecule has 1 aliphatic rings. The second kappa shape index (κ2) is 9.62. The van der Waals surface area contributed by atoms with Gasteiger partial charge in [0.25, 0.3) is 0 Å². The first-order valence-corrected chi connectivity index (χ1v) is 17.7. The van der Waals surface area contributed by atoms with E-state index in [1.165, 1.54) is 69.9 Å². The van der Waals surface area contributed by atoms with Gasteiger partial charge < -0.3 is 13.9 Å². The van der Waals surface area contributed by atoms with Crippen molar-refractivity contribution >= 4 is 92.3 Å². The molecule has 232 valence electrons. The van der Waals surface area contributed by atoms with E-state index >= 15 is 0 Å². The molecule has 0 amide bonds. The molecular weight excluding hydrogens is 617 g/mol. The minimum atomic E-state index is -0.330. The van der Waals surface area contributed by atoms with Gasteiger partial charge in [0.1, 0.15) is 11.2 Å². The van der Waals surface area contributed by atoms with Crippen LogP contribution in [0, 0.1) is 0 Å². The summed E-state index contributed by atoms with van der Waals surface area (Å²) in [5, 5.41) is 7.51. The summed E-state index contributed by atoms with van der Waals surface area (Å²) >= 11 is 1.87. The second-order valence-electron chi connectivity index (χ2n) is 13.7. The molecule has 0 radical (unpaired) electrons. The summed E-state index contributed by atoms with van der Waals surface area (Å²) in [4.78, 5) is 2.48. The molecule has 49 heavy (non-hydrogen) atoms. The van der Waals surface area contributed by atoms with Gasteiger partial charge in [-0.1, -0.05) is 92.7 Å². The lowest BCUT2D eigenvalue weighted by Crippen LogP contribution is -2.31. The molecule has 3 aromatic heterocycles. The summed E-state index contributed by atoms with van der Waals surface area (Å²) in [6.07, 6.45) is 0. The number of benzene rings is 7. The Morgan fingerprint density at radius 3 is 1.94 bits per heavy atom. The lowest BCUT2D eigenvalue weighted by atomic mass is 9.71. The van der Waals surface area contributed by atoms with Crippen molar-refractivity contribution in [3.63, 3.8) is 0 Å². The highest BCUT2D eigenvalue weighted by atomic mass is 32.1. The van der Waals surface area contributed by atoms with Crippen LogP contribution in [0.5, 0.6) is 0 Å². The zero-order valence-corrected chi connectivity index (χ0v) is 27.9. The van der Waals surface area contributed by atoms with Crippen LogP contribution in [0.2, 0.25) is 0 Å². The number of furan rings is 1. The summed E-state index contributed by atoms with van der Waals surface area (Å²) in [5.74, 6) is 0. The predicted molar refractivity (Wildman–Crippen MR) is 208 cm³/mol. The first-order valence-electron chi connectivity index (χ1n) is 16.9. The van der Waals surface area contributed by atoms with Gasteiger partial charge in [-0.25, -0.2) is 0 Å². The summed E-state index contributed by atoms with van der Waals surface area (Å²) < 4.78 is 11.5. The number of rotatable bonds is 2. The first-order chi connectivity index (χ1) is 24.1. The van der Waals surface area contributed by atoms with Gasteiger partial charge in [-0.15, -0.1) is 11.3 Å². The highest BCUT2D eigenvalue weighted by Crippen LogP contribution is 2.56. The standard InChI is InChI=1S/C45H30N2OS/c1-45(2)34-25-27(46-35-15-7-3-11-29(35)30-12-4-8-16-36(30)46)20-22-37(34)47(28-19-21-32-31-13-6-10-18-41(31)49-42(32)26-28)38-23-24-40-43(44(38)45)33-14-5-9-17-39(33)48-40/h3-26H,1-2H3. The zero-order valence-electron chi connectivity index (χ0n) is 27.1. The van der Waals surface area contributed by atoms with Crippen LogP contribution in [-0.2, 0) is 5.41 Å². The van der Waals surface area contributed by atoms with Crippen molar-refractivity contribution in [3.05, 3.63) is 157 Å². The molecule has 0 aliphatic carbocycles. The smallest absolute Gasteiger partial charge is 0.135 e. The second-order valence-corrected chi connectivity index (χ2v) is 14.8. The summed E-state index contributed by atoms with van der Waals surface area (Å²) in [7, 11) is 0. The quantitative estimate of drug-likeness (QED) is 0.186. The van der Waals surface area contributed by atoms with Crippen molar-refractivity contribution < 1.29 is 4.42 Å². The zero-order chi connectivity index (χ0) is 32.4. The molecular formula is C45H30N2OS. The maximum Gasteiger partial charge on any atom is 0.135 e. The van der Waals surface area contributed by atoms with Crippen LogP contribution in [0.3, 0.4) is 0 Å². The van der Waals surface area contributed by atoms with E-state index in [2.05, 4.69) is 169 Å². The highest BCUT2D eigenvalue weighted by molar-refractivity contribution is 7.25. The number of anilines is 3. The fourth-order valence-corrected chi connectivity index (χ4v) is 9.72. The molecule has 0 spiro atoms. The molecule has 0 N–H and O–H groups in total. The van der Waals surface area contributed by atoms with Crippen LogP contribution in [0.4, 0.5) is 17.1 Å². The van der Waals surface area contributed by atoms with Gasteiger partial charge in [0, 0.05) is 58.5 Å². The summed E-state index contributed by atoms with van der Waals surface area (Å²) in [5.41, 5.74) is 11.2. The molecule has 4 heterocycles. The lowest BCUT2D eigenvalue weighted by molar-refractivity contribution is 0.634. The molecule has 0 bridgehead atoms. The Kier molecular flexibility index (Phi) is 5.33. The van der Waals surface area contributed by atoms with E-state index in [0.29, 0.717) is 0 Å². The van der Waals surface area contributed by atoms with Crippen molar-refractivity contribution in [2.24, 2.45) is 0 Å². The van der Waals surface area contributed by atoms with Crippen LogP contribution < -0.4 is 4.90 Å². The number of fused-ring (bicyclic) bond motifs is 12. The Morgan fingerprint density at radius 1 is 0.510 bits per heavy atom. The largest absolute Gasteiger partial charge is 0.456 e. The molecule has 4 heteroatoms. The first kappa shape index (κ1) is 27.1. The number of hydrogen-bond donors (Lipinski definition) is 0. The summed E-state index contributed by atoms with van der Waals surface area (Å²) in [6.45, 7) is 4.77. The van der Waals surface area contributed by atoms with Gasteiger partial charge in [0.2, 0.25) is 0 Å².